The quantitative estimate of drug-likeness (QED) is 0.203. The molecule has 158 valence electrons. The van der Waals surface area contributed by atoms with Crippen LogP contribution in [0.4, 0.5) is 0 Å². The molecule has 0 spiro atoms. The molecule has 0 unspecified atom stereocenters. The van der Waals surface area contributed by atoms with E-state index < -0.39 is 5.97 Å². The highest BCUT2D eigenvalue weighted by atomic mass is 16.4. The minimum absolute atomic E-state index is 0.380. The third kappa shape index (κ3) is 1.62. The molecule has 0 aliphatic carbocycles. The maximum Gasteiger partial charge on any atom is 0.336 e. The van der Waals surface area contributed by atoms with Crippen molar-refractivity contribution in [2.45, 2.75) is 0 Å². The lowest BCUT2D eigenvalue weighted by Gasteiger charge is -2.25. The average molecular weight is 442 g/mol. The largest absolute Gasteiger partial charge is 0.478 e. The lowest BCUT2D eigenvalue weighted by Crippen LogP contribution is -2.02. The van der Waals surface area contributed by atoms with Gasteiger partial charge in [-0.25, -0.2) is 4.79 Å². The Hall–Kier alpha value is -4.69. The van der Waals surface area contributed by atoms with Crippen LogP contribution in [0.2, 0.25) is 0 Å². The fourth-order valence-corrected chi connectivity index (χ4v) is 7.44. The van der Waals surface area contributed by atoms with E-state index in [1.165, 1.54) is 75.4 Å². The van der Waals surface area contributed by atoms with Crippen LogP contribution in [0.1, 0.15) is 10.4 Å². The van der Waals surface area contributed by atoms with Crippen LogP contribution in [0.5, 0.6) is 0 Å². The summed E-state index contributed by atoms with van der Waals surface area (Å²) in [6, 6.07) is 28.3. The van der Waals surface area contributed by atoms with E-state index in [1.807, 2.05) is 6.07 Å². The first kappa shape index (κ1) is 16.9. The van der Waals surface area contributed by atoms with Gasteiger partial charge in [0, 0.05) is 0 Å². The van der Waals surface area contributed by atoms with E-state index >= 15 is 0 Å². The summed E-state index contributed by atoms with van der Waals surface area (Å²) in [7, 11) is 0. The standard InChI is InChI=1S/C33H14O2/c34-33(35)22-13-20-10-6-16-4-8-18-11-17-7-3-14-1-2-15-5-9-19-12-21(22)30-26(20)25(16)28(18)31-27(17)23(14)24(15)29(19)32(30)31/h1-13H,(H,34,35). The Morgan fingerprint density at radius 1 is 0.400 bits per heavy atom. The summed E-state index contributed by atoms with van der Waals surface area (Å²) in [6.07, 6.45) is 0. The second-order valence-corrected chi connectivity index (χ2v) is 10.2. The molecule has 0 bridgehead atoms. The van der Waals surface area contributed by atoms with E-state index in [1.54, 1.807) is 0 Å². The highest BCUT2D eigenvalue weighted by molar-refractivity contribution is 6.53. The monoisotopic (exact) mass is 442 g/mol. The summed E-state index contributed by atoms with van der Waals surface area (Å²) < 4.78 is 0. The van der Waals surface area contributed by atoms with Gasteiger partial charge in [-0.2, -0.15) is 0 Å². The fraction of sp³-hybridized carbons (Fsp3) is 0. The number of carbonyl (C=O) groups is 1. The van der Waals surface area contributed by atoms with Gasteiger partial charge in [-0.1, -0.05) is 60.7 Å². The minimum Gasteiger partial charge on any atom is -0.478 e. The van der Waals surface area contributed by atoms with E-state index in [2.05, 4.69) is 72.8 Å². The first-order valence-corrected chi connectivity index (χ1v) is 12.0. The molecule has 2 nitrogen and oxygen atoms in total. The van der Waals surface area contributed by atoms with Crippen molar-refractivity contribution < 1.29 is 9.90 Å². The van der Waals surface area contributed by atoms with Crippen molar-refractivity contribution >= 4 is 103 Å². The van der Waals surface area contributed by atoms with Crippen LogP contribution in [0, 0.1) is 0 Å². The molecule has 1 N–H and O–H groups in total. The zero-order chi connectivity index (χ0) is 22.7. The summed E-state index contributed by atoms with van der Waals surface area (Å²) in [5.41, 5.74) is 0.380. The lowest BCUT2D eigenvalue weighted by atomic mass is 9.77. The van der Waals surface area contributed by atoms with Gasteiger partial charge < -0.3 is 5.11 Å². The van der Waals surface area contributed by atoms with Gasteiger partial charge in [-0.3, -0.25) is 0 Å². The van der Waals surface area contributed by atoms with Crippen molar-refractivity contribution in [2.24, 2.45) is 0 Å². The van der Waals surface area contributed by atoms with Gasteiger partial charge in [0.2, 0.25) is 0 Å². The van der Waals surface area contributed by atoms with E-state index in [9.17, 15) is 9.90 Å². The zero-order valence-electron chi connectivity index (χ0n) is 18.4. The molecular formula is C33H14O2. The molecule has 2 heteroatoms. The van der Waals surface area contributed by atoms with Gasteiger partial charge in [-0.05, 0) is 115 Å². The van der Waals surface area contributed by atoms with Crippen LogP contribution >= 0.6 is 0 Å². The van der Waals surface area contributed by atoms with E-state index in [0.29, 0.717) is 5.56 Å². The molecular weight excluding hydrogens is 428 g/mol. The summed E-state index contributed by atoms with van der Waals surface area (Å²) in [5.74, 6) is -0.875. The molecule has 0 aromatic heterocycles. The third-order valence-electron chi connectivity index (χ3n) is 8.68. The van der Waals surface area contributed by atoms with Crippen molar-refractivity contribution in [2.75, 3.05) is 0 Å². The Bertz CT molecular complexity index is 2470. The number of hydrogen-bond acceptors (Lipinski definition) is 1. The van der Waals surface area contributed by atoms with Crippen LogP contribution in [-0.2, 0) is 0 Å². The van der Waals surface area contributed by atoms with Gasteiger partial charge in [0.25, 0.3) is 0 Å². The maximum atomic E-state index is 12.5. The molecule has 0 aliphatic heterocycles. The van der Waals surface area contributed by atoms with Crippen molar-refractivity contribution in [3.63, 3.8) is 0 Å². The predicted octanol–water partition coefficient (Wildman–Crippen LogP) is 8.95. The van der Waals surface area contributed by atoms with Crippen molar-refractivity contribution in [1.82, 2.24) is 0 Å². The van der Waals surface area contributed by atoms with Crippen LogP contribution in [-0.4, -0.2) is 11.1 Å². The van der Waals surface area contributed by atoms with Crippen LogP contribution in [0.15, 0.2) is 78.9 Å². The highest BCUT2D eigenvalue weighted by Gasteiger charge is 2.27. The smallest absolute Gasteiger partial charge is 0.336 e. The molecule has 0 saturated carbocycles. The number of carboxylic acids is 1. The summed E-state index contributed by atoms with van der Waals surface area (Å²) in [6.45, 7) is 0. The highest BCUT2D eigenvalue weighted by Crippen LogP contribution is 2.55. The SMILES string of the molecule is O=C(O)c1cc2ccc3ccc4cc5ccc6ccc7ccc8cc1c1c2c3c4c2c5c6c7c8c12. The third-order valence-corrected chi connectivity index (χ3v) is 8.68. The molecule has 10 aromatic rings. The lowest BCUT2D eigenvalue weighted by molar-refractivity contribution is 0.0699. The van der Waals surface area contributed by atoms with Crippen molar-refractivity contribution in [3.8, 4) is 0 Å². The average Bonchev–Trinajstić information content (AvgIpc) is 2.89. The first-order valence-electron chi connectivity index (χ1n) is 12.0. The molecule has 10 rings (SSSR count). The maximum absolute atomic E-state index is 12.5. The number of carboxylic acid groups (broad SMARTS) is 1. The molecule has 0 atom stereocenters. The topological polar surface area (TPSA) is 37.3 Å². The van der Waals surface area contributed by atoms with Gasteiger partial charge in [0.1, 0.15) is 0 Å². The van der Waals surface area contributed by atoms with Crippen LogP contribution < -0.4 is 0 Å². The Balaban J connectivity index is 1.78. The summed E-state index contributed by atoms with van der Waals surface area (Å²) in [4.78, 5) is 12.5. The van der Waals surface area contributed by atoms with Gasteiger partial charge in [-0.15, -0.1) is 0 Å². The molecule has 35 heavy (non-hydrogen) atoms. The number of benzene rings is 10. The van der Waals surface area contributed by atoms with Crippen molar-refractivity contribution in [3.05, 3.63) is 84.4 Å². The summed E-state index contributed by atoms with van der Waals surface area (Å²) >= 11 is 0. The fourth-order valence-electron chi connectivity index (χ4n) is 7.44. The molecule has 0 radical (unpaired) electrons. The molecule has 0 heterocycles. The Kier molecular flexibility index (Phi) is 2.42. The summed E-state index contributed by atoms with van der Waals surface area (Å²) in [5, 5.41) is 32.0. The second-order valence-electron chi connectivity index (χ2n) is 10.2. The number of rotatable bonds is 1. The van der Waals surface area contributed by atoms with Crippen LogP contribution in [0.3, 0.4) is 0 Å². The van der Waals surface area contributed by atoms with E-state index in [-0.39, 0.29) is 0 Å². The molecule has 0 fully saturated rings. The number of hydrogen-bond donors (Lipinski definition) is 1. The van der Waals surface area contributed by atoms with E-state index in [0.717, 1.165) is 21.5 Å². The van der Waals surface area contributed by atoms with Crippen LogP contribution in [0.25, 0.3) is 97.0 Å². The minimum atomic E-state index is -0.875. The molecule has 10 aromatic carbocycles. The van der Waals surface area contributed by atoms with E-state index in [4.69, 9.17) is 0 Å². The predicted molar refractivity (Wildman–Crippen MR) is 147 cm³/mol. The Morgan fingerprint density at radius 3 is 1.23 bits per heavy atom. The van der Waals surface area contributed by atoms with Gasteiger partial charge in [0.05, 0.1) is 5.56 Å². The van der Waals surface area contributed by atoms with Gasteiger partial charge >= 0.3 is 5.97 Å². The van der Waals surface area contributed by atoms with Gasteiger partial charge in [0.15, 0.2) is 0 Å². The normalized spacial score (nSPS) is 13.4. The molecule has 0 amide bonds. The molecule has 0 saturated heterocycles. The number of aromatic carboxylic acids is 1. The Labute approximate surface area is 197 Å². The van der Waals surface area contributed by atoms with Crippen molar-refractivity contribution in [1.29, 1.82) is 0 Å². The second kappa shape index (κ2) is 5.03. The Morgan fingerprint density at radius 2 is 0.743 bits per heavy atom. The molecule has 0 aliphatic rings. The first-order chi connectivity index (χ1) is 17.2. The zero-order valence-corrected chi connectivity index (χ0v) is 18.4.